The molecule has 0 aromatic heterocycles. The quantitative estimate of drug-likeness (QED) is 0.929. The van der Waals surface area contributed by atoms with E-state index >= 15 is 0 Å². The molecule has 1 amide bonds. The summed E-state index contributed by atoms with van der Waals surface area (Å²) in [4.78, 5) is 24.9. The molecule has 124 valence electrons. The minimum Gasteiger partial charge on any atom is -0.480 e. The maximum atomic E-state index is 13.1. The third-order valence-corrected chi connectivity index (χ3v) is 4.59. The van der Waals surface area contributed by atoms with Gasteiger partial charge in [-0.15, -0.1) is 0 Å². The first-order valence-electron chi connectivity index (χ1n) is 7.50. The summed E-state index contributed by atoms with van der Waals surface area (Å²) in [5.74, 6) is -2.41. The van der Waals surface area contributed by atoms with Gasteiger partial charge in [0.1, 0.15) is 6.04 Å². The molecule has 23 heavy (non-hydrogen) atoms. The van der Waals surface area contributed by atoms with Crippen molar-refractivity contribution in [2.45, 2.75) is 37.4 Å². The summed E-state index contributed by atoms with van der Waals surface area (Å²) in [5, 5.41) is 9.13. The molecule has 2 unspecified atom stereocenters. The van der Waals surface area contributed by atoms with Crippen LogP contribution in [0.5, 0.6) is 0 Å². The Bertz CT molecular complexity index is 644. The van der Waals surface area contributed by atoms with Crippen LogP contribution in [0.4, 0.5) is 13.2 Å². The van der Waals surface area contributed by atoms with Crippen molar-refractivity contribution in [3.63, 3.8) is 0 Å². The van der Waals surface area contributed by atoms with Gasteiger partial charge in [-0.25, -0.2) is 4.79 Å². The van der Waals surface area contributed by atoms with Crippen molar-refractivity contribution in [2.75, 3.05) is 6.54 Å². The predicted octanol–water partition coefficient (Wildman–Crippen LogP) is 2.88. The van der Waals surface area contributed by atoms with Crippen molar-refractivity contribution >= 4 is 11.9 Å². The van der Waals surface area contributed by atoms with E-state index in [4.69, 9.17) is 5.11 Å². The van der Waals surface area contributed by atoms with E-state index in [0.717, 1.165) is 6.07 Å². The Balaban J connectivity index is 1.78. The van der Waals surface area contributed by atoms with Crippen LogP contribution in [0.25, 0.3) is 0 Å². The van der Waals surface area contributed by atoms with E-state index in [1.807, 2.05) is 0 Å². The van der Waals surface area contributed by atoms with Crippen LogP contribution in [0, 0.1) is 5.92 Å². The lowest BCUT2D eigenvalue weighted by molar-refractivity contribution is -0.148. The lowest BCUT2D eigenvalue weighted by Gasteiger charge is -2.21. The highest BCUT2D eigenvalue weighted by Gasteiger charge is 2.51. The van der Waals surface area contributed by atoms with Crippen LogP contribution in [0.2, 0.25) is 0 Å². The number of benzene rings is 1. The van der Waals surface area contributed by atoms with Gasteiger partial charge >= 0.3 is 12.1 Å². The molecule has 1 aliphatic carbocycles. The average molecular weight is 327 g/mol. The molecule has 3 atom stereocenters. The lowest BCUT2D eigenvalue weighted by Crippen LogP contribution is -2.41. The average Bonchev–Trinajstić information content (AvgIpc) is 3.13. The Morgan fingerprint density at radius 2 is 1.91 bits per heavy atom. The predicted molar refractivity (Wildman–Crippen MR) is 74.7 cm³/mol. The van der Waals surface area contributed by atoms with E-state index in [9.17, 15) is 22.8 Å². The van der Waals surface area contributed by atoms with Gasteiger partial charge in [-0.1, -0.05) is 18.2 Å². The Labute approximate surface area is 130 Å². The van der Waals surface area contributed by atoms with E-state index in [2.05, 4.69) is 0 Å². The fourth-order valence-corrected chi connectivity index (χ4v) is 3.39. The third-order valence-electron chi connectivity index (χ3n) is 4.59. The monoisotopic (exact) mass is 327 g/mol. The largest absolute Gasteiger partial charge is 0.480 e. The standard InChI is InChI=1S/C16H16F3NO3/c17-16(18,19)12-5-2-1-4-9(12)10-8-11(10)14(21)20-7-3-6-13(20)15(22)23/h1-2,4-5,10-11,13H,3,6-8H2,(H,22,23)/t10?,11?,13-/m1/s1. The van der Waals surface area contributed by atoms with Gasteiger partial charge in [-0.2, -0.15) is 13.2 Å². The zero-order chi connectivity index (χ0) is 16.8. The molecule has 2 fully saturated rings. The normalized spacial score (nSPS) is 27.1. The molecule has 2 aliphatic rings. The molecule has 3 rings (SSSR count). The number of likely N-dealkylation sites (tertiary alicyclic amines) is 1. The van der Waals surface area contributed by atoms with Gasteiger partial charge in [0.05, 0.1) is 5.56 Å². The number of carbonyl (C=O) groups excluding carboxylic acids is 1. The third kappa shape index (κ3) is 2.92. The molecule has 1 aliphatic heterocycles. The SMILES string of the molecule is O=C(O)[C@H]1CCCN1C(=O)C1CC1c1ccccc1C(F)(F)F. The summed E-state index contributed by atoms with van der Waals surface area (Å²) in [6.07, 6.45) is -3.10. The number of carboxylic acid groups (broad SMARTS) is 1. The highest BCUT2D eigenvalue weighted by atomic mass is 19.4. The maximum absolute atomic E-state index is 13.1. The van der Waals surface area contributed by atoms with E-state index in [-0.39, 0.29) is 11.5 Å². The molecule has 4 nitrogen and oxygen atoms in total. The Hall–Kier alpha value is -2.05. The minimum absolute atomic E-state index is 0.129. The lowest BCUT2D eigenvalue weighted by atomic mass is 10.0. The number of carboxylic acids is 1. The highest BCUT2D eigenvalue weighted by molar-refractivity contribution is 5.88. The Morgan fingerprint density at radius 1 is 1.22 bits per heavy atom. The number of hydrogen-bond acceptors (Lipinski definition) is 2. The summed E-state index contributed by atoms with van der Waals surface area (Å²) in [7, 11) is 0. The topological polar surface area (TPSA) is 57.6 Å². The molecule has 0 bridgehead atoms. The summed E-state index contributed by atoms with van der Waals surface area (Å²) in [5.41, 5.74) is -0.582. The molecular weight excluding hydrogens is 311 g/mol. The first-order valence-corrected chi connectivity index (χ1v) is 7.50. The second-order valence-electron chi connectivity index (χ2n) is 6.06. The number of hydrogen-bond donors (Lipinski definition) is 1. The smallest absolute Gasteiger partial charge is 0.416 e. The van der Waals surface area contributed by atoms with Crippen molar-refractivity contribution in [1.29, 1.82) is 0 Å². The van der Waals surface area contributed by atoms with Crippen molar-refractivity contribution in [3.8, 4) is 0 Å². The number of halogens is 3. The van der Waals surface area contributed by atoms with Crippen LogP contribution in [0.15, 0.2) is 24.3 Å². The molecule has 1 aromatic carbocycles. The zero-order valence-corrected chi connectivity index (χ0v) is 12.2. The van der Waals surface area contributed by atoms with Crippen molar-refractivity contribution < 1.29 is 27.9 Å². The maximum Gasteiger partial charge on any atom is 0.416 e. The van der Waals surface area contributed by atoms with Crippen molar-refractivity contribution in [2.24, 2.45) is 5.92 Å². The van der Waals surface area contributed by atoms with E-state index < -0.39 is 35.6 Å². The zero-order valence-electron chi connectivity index (χ0n) is 12.2. The molecule has 1 N–H and O–H groups in total. The molecule has 1 heterocycles. The van der Waals surface area contributed by atoms with E-state index in [0.29, 0.717) is 25.8 Å². The fraction of sp³-hybridized carbons (Fsp3) is 0.500. The van der Waals surface area contributed by atoms with Gasteiger partial charge in [-0.05, 0) is 36.8 Å². The van der Waals surface area contributed by atoms with Gasteiger partial charge in [0, 0.05) is 12.5 Å². The second kappa shape index (κ2) is 5.54. The fourth-order valence-electron chi connectivity index (χ4n) is 3.39. The number of alkyl halides is 3. The Kier molecular flexibility index (Phi) is 3.82. The van der Waals surface area contributed by atoms with Crippen molar-refractivity contribution in [3.05, 3.63) is 35.4 Å². The summed E-state index contributed by atoms with van der Waals surface area (Å²) in [6, 6.07) is 4.43. The molecule has 7 heteroatoms. The van der Waals surface area contributed by atoms with Gasteiger partial charge in [0.2, 0.25) is 5.91 Å². The number of amides is 1. The summed E-state index contributed by atoms with van der Waals surface area (Å²) < 4.78 is 39.2. The first kappa shape index (κ1) is 15.8. The van der Waals surface area contributed by atoms with Crippen LogP contribution in [0.1, 0.15) is 36.3 Å². The Morgan fingerprint density at radius 3 is 2.57 bits per heavy atom. The van der Waals surface area contributed by atoms with Gasteiger partial charge < -0.3 is 10.0 Å². The van der Waals surface area contributed by atoms with E-state index in [1.165, 1.54) is 23.1 Å². The summed E-state index contributed by atoms with van der Waals surface area (Å²) >= 11 is 0. The van der Waals surface area contributed by atoms with Gasteiger partial charge in [-0.3, -0.25) is 4.79 Å². The number of aliphatic carboxylic acids is 1. The first-order chi connectivity index (χ1) is 10.8. The van der Waals surface area contributed by atoms with E-state index in [1.54, 1.807) is 0 Å². The van der Waals surface area contributed by atoms with Crippen LogP contribution < -0.4 is 0 Å². The van der Waals surface area contributed by atoms with Crippen LogP contribution in [-0.4, -0.2) is 34.5 Å². The highest BCUT2D eigenvalue weighted by Crippen LogP contribution is 2.52. The van der Waals surface area contributed by atoms with Crippen LogP contribution in [0.3, 0.4) is 0 Å². The number of nitrogens with zero attached hydrogens (tertiary/aromatic N) is 1. The molecular formula is C16H16F3NO3. The molecule has 0 radical (unpaired) electrons. The summed E-state index contributed by atoms with van der Waals surface area (Å²) in [6.45, 7) is 0.361. The minimum atomic E-state index is -4.45. The molecule has 1 aromatic rings. The molecule has 1 saturated heterocycles. The van der Waals surface area contributed by atoms with Crippen LogP contribution in [-0.2, 0) is 15.8 Å². The number of rotatable bonds is 3. The second-order valence-corrected chi connectivity index (χ2v) is 6.06. The molecule has 1 saturated carbocycles. The molecule has 0 spiro atoms. The van der Waals surface area contributed by atoms with Gasteiger partial charge in [0.15, 0.2) is 0 Å². The van der Waals surface area contributed by atoms with Crippen LogP contribution >= 0.6 is 0 Å². The van der Waals surface area contributed by atoms with Gasteiger partial charge in [0.25, 0.3) is 0 Å². The van der Waals surface area contributed by atoms with Crippen molar-refractivity contribution in [1.82, 2.24) is 4.90 Å². The number of carbonyl (C=O) groups is 2.